The predicted octanol–water partition coefficient (Wildman–Crippen LogP) is 2.98. The molecule has 2 saturated carbocycles. The molecule has 0 spiro atoms. The molecule has 1 N–H and O–H groups in total. The van der Waals surface area contributed by atoms with Gasteiger partial charge in [0.25, 0.3) is 0 Å². The average Bonchev–Trinajstić information content (AvgIpc) is 3.29. The first-order chi connectivity index (χ1) is 13.0. The third kappa shape index (κ3) is 3.65. The first-order valence-electron chi connectivity index (χ1n) is 8.96. The molecule has 0 radical (unpaired) electrons. The van der Waals surface area contributed by atoms with E-state index < -0.39 is 22.0 Å². The Morgan fingerprint density at radius 1 is 1.00 bits per heavy atom. The van der Waals surface area contributed by atoms with Crippen molar-refractivity contribution >= 4 is 21.7 Å². The fourth-order valence-electron chi connectivity index (χ4n) is 3.93. The number of oxime groups is 1. The third-order valence-electron chi connectivity index (χ3n) is 5.26. The largest absolute Gasteiger partial charge is 0.365 e. The molecule has 0 unspecified atom stereocenters. The summed E-state index contributed by atoms with van der Waals surface area (Å²) in [5.74, 6) is -0.208. The molecule has 2 bridgehead atoms. The van der Waals surface area contributed by atoms with Gasteiger partial charge in [0.05, 0.1) is 22.2 Å². The Labute approximate surface area is 158 Å². The summed E-state index contributed by atoms with van der Waals surface area (Å²) in [4.78, 5) is 17.5. The van der Waals surface area contributed by atoms with Crippen molar-refractivity contribution in [2.24, 2.45) is 17.0 Å². The molecule has 3 atom stereocenters. The molecule has 140 valence electrons. The zero-order valence-electron chi connectivity index (χ0n) is 14.6. The van der Waals surface area contributed by atoms with E-state index in [0.717, 1.165) is 19.3 Å². The third-order valence-corrected chi connectivity index (χ3v) is 6.72. The van der Waals surface area contributed by atoms with Crippen molar-refractivity contribution in [2.75, 3.05) is 0 Å². The van der Waals surface area contributed by atoms with Gasteiger partial charge in [0.2, 0.25) is 10.0 Å². The van der Waals surface area contributed by atoms with Crippen LogP contribution in [-0.2, 0) is 14.9 Å². The van der Waals surface area contributed by atoms with E-state index in [0.29, 0.717) is 11.3 Å². The van der Waals surface area contributed by atoms with E-state index in [4.69, 9.17) is 4.84 Å². The molecule has 2 aromatic carbocycles. The number of rotatable bonds is 5. The van der Waals surface area contributed by atoms with Crippen LogP contribution >= 0.6 is 0 Å². The molecular formula is C20H20N2O4S. The molecule has 0 aromatic heterocycles. The highest BCUT2D eigenvalue weighted by Gasteiger charge is 2.47. The zero-order valence-corrected chi connectivity index (χ0v) is 15.4. The number of carbonyl (C=O) groups is 1. The minimum absolute atomic E-state index is 0.155. The lowest BCUT2D eigenvalue weighted by atomic mass is 9.94. The van der Waals surface area contributed by atoms with Crippen molar-refractivity contribution in [3.05, 3.63) is 66.2 Å². The standard InChI is InChI=1S/C20H20N2O4S/c23-20(14-7-3-1-4-8-14)26-21-18-15-11-12-16(13-15)19(18)22-27(24,25)17-9-5-2-6-10-17/h1-10,15-16,19,22H,11-13H2/b21-18+/t15-,16+,19+/m1/s1. The topological polar surface area (TPSA) is 84.8 Å². The summed E-state index contributed by atoms with van der Waals surface area (Å²) >= 11 is 0. The van der Waals surface area contributed by atoms with Crippen LogP contribution in [0.3, 0.4) is 0 Å². The van der Waals surface area contributed by atoms with Crippen LogP contribution in [0, 0.1) is 11.8 Å². The maximum atomic E-state index is 12.7. The Morgan fingerprint density at radius 2 is 1.67 bits per heavy atom. The fraction of sp³-hybridized carbons (Fsp3) is 0.300. The summed E-state index contributed by atoms with van der Waals surface area (Å²) in [6.45, 7) is 0. The van der Waals surface area contributed by atoms with Gasteiger partial charge in [0.15, 0.2) is 0 Å². The van der Waals surface area contributed by atoms with Crippen LogP contribution in [0.5, 0.6) is 0 Å². The zero-order chi connectivity index (χ0) is 18.9. The molecule has 2 fully saturated rings. The molecule has 0 heterocycles. The van der Waals surface area contributed by atoms with E-state index in [2.05, 4.69) is 9.88 Å². The predicted molar refractivity (Wildman–Crippen MR) is 101 cm³/mol. The van der Waals surface area contributed by atoms with Gasteiger partial charge in [-0.3, -0.25) is 0 Å². The molecule has 0 amide bonds. The number of sulfonamides is 1. The second kappa shape index (κ2) is 7.25. The summed E-state index contributed by atoms with van der Waals surface area (Å²) in [5.41, 5.74) is 1.03. The molecule has 4 rings (SSSR count). The van der Waals surface area contributed by atoms with E-state index in [9.17, 15) is 13.2 Å². The van der Waals surface area contributed by atoms with Crippen LogP contribution < -0.4 is 4.72 Å². The van der Waals surface area contributed by atoms with Crippen molar-refractivity contribution in [1.29, 1.82) is 0 Å². The first-order valence-corrected chi connectivity index (χ1v) is 10.4. The quantitative estimate of drug-likeness (QED) is 0.634. The second-order valence-electron chi connectivity index (χ2n) is 6.94. The number of carbonyl (C=O) groups excluding carboxylic acids is 1. The monoisotopic (exact) mass is 384 g/mol. The van der Waals surface area contributed by atoms with Crippen LogP contribution in [0.1, 0.15) is 29.6 Å². The lowest BCUT2D eigenvalue weighted by Gasteiger charge is -2.24. The van der Waals surface area contributed by atoms with E-state index in [1.807, 2.05) is 6.07 Å². The molecule has 2 aliphatic carbocycles. The molecular weight excluding hydrogens is 364 g/mol. The van der Waals surface area contributed by atoms with Crippen LogP contribution in [0.15, 0.2) is 70.7 Å². The van der Waals surface area contributed by atoms with Crippen molar-refractivity contribution in [3.8, 4) is 0 Å². The normalized spacial score (nSPS) is 25.6. The summed E-state index contributed by atoms with van der Waals surface area (Å²) in [7, 11) is -3.66. The molecule has 2 aliphatic rings. The van der Waals surface area contributed by atoms with Gasteiger partial charge in [-0.1, -0.05) is 41.6 Å². The molecule has 7 heteroatoms. The highest BCUT2D eigenvalue weighted by atomic mass is 32.2. The molecule has 2 aromatic rings. The van der Waals surface area contributed by atoms with E-state index in [1.165, 1.54) is 0 Å². The Kier molecular flexibility index (Phi) is 4.80. The van der Waals surface area contributed by atoms with Gasteiger partial charge in [0, 0.05) is 5.92 Å². The maximum Gasteiger partial charge on any atom is 0.365 e. The Morgan fingerprint density at radius 3 is 2.37 bits per heavy atom. The van der Waals surface area contributed by atoms with Crippen molar-refractivity contribution < 1.29 is 18.0 Å². The van der Waals surface area contributed by atoms with E-state index in [-0.39, 0.29) is 16.7 Å². The second-order valence-corrected chi connectivity index (χ2v) is 8.66. The SMILES string of the molecule is O=C(O/N=C1\[C@@H]2CC[C@@H](C2)[C@@H]1NS(=O)(=O)c1ccccc1)c1ccccc1. The Balaban J connectivity index is 1.54. The first kappa shape index (κ1) is 17.9. The van der Waals surface area contributed by atoms with Crippen LogP contribution in [0.25, 0.3) is 0 Å². The summed E-state index contributed by atoms with van der Waals surface area (Å²) in [6, 6.07) is 16.4. The van der Waals surface area contributed by atoms with Gasteiger partial charge in [-0.25, -0.2) is 17.9 Å². The maximum absolute atomic E-state index is 12.7. The van der Waals surface area contributed by atoms with Crippen molar-refractivity contribution in [1.82, 2.24) is 4.72 Å². The summed E-state index contributed by atoms with van der Waals surface area (Å²) in [5, 5.41) is 4.08. The molecule has 0 saturated heterocycles. The van der Waals surface area contributed by atoms with Crippen LogP contribution in [-0.4, -0.2) is 26.1 Å². The van der Waals surface area contributed by atoms with Gasteiger partial charge in [-0.05, 0) is 49.4 Å². The van der Waals surface area contributed by atoms with Gasteiger partial charge in [-0.15, -0.1) is 0 Å². The van der Waals surface area contributed by atoms with Gasteiger partial charge < -0.3 is 4.84 Å². The van der Waals surface area contributed by atoms with Crippen molar-refractivity contribution in [2.45, 2.75) is 30.2 Å². The van der Waals surface area contributed by atoms with Crippen molar-refractivity contribution in [3.63, 3.8) is 0 Å². The highest BCUT2D eigenvalue weighted by Crippen LogP contribution is 2.43. The summed E-state index contributed by atoms with van der Waals surface area (Å²) < 4.78 is 28.2. The number of fused-ring (bicyclic) bond motifs is 2. The van der Waals surface area contributed by atoms with E-state index >= 15 is 0 Å². The Hall–Kier alpha value is -2.51. The fourth-order valence-corrected chi connectivity index (χ4v) is 5.23. The lowest BCUT2D eigenvalue weighted by molar-refractivity contribution is 0.0512. The van der Waals surface area contributed by atoms with E-state index in [1.54, 1.807) is 54.6 Å². The number of nitrogens with zero attached hydrogens (tertiary/aromatic N) is 1. The number of nitrogens with one attached hydrogen (secondary N) is 1. The lowest BCUT2D eigenvalue weighted by Crippen LogP contribution is -2.44. The number of hydrogen-bond acceptors (Lipinski definition) is 5. The number of benzene rings is 2. The van der Waals surface area contributed by atoms with Gasteiger partial charge in [-0.2, -0.15) is 0 Å². The van der Waals surface area contributed by atoms with Gasteiger partial charge >= 0.3 is 5.97 Å². The number of hydrogen-bond donors (Lipinski definition) is 1. The smallest absolute Gasteiger partial charge is 0.313 e. The Bertz CT molecular complexity index is 958. The summed E-state index contributed by atoms with van der Waals surface area (Å²) in [6.07, 6.45) is 2.75. The molecule has 6 nitrogen and oxygen atoms in total. The highest BCUT2D eigenvalue weighted by molar-refractivity contribution is 7.89. The van der Waals surface area contributed by atoms with Gasteiger partial charge in [0.1, 0.15) is 0 Å². The van der Waals surface area contributed by atoms with Crippen LogP contribution in [0.4, 0.5) is 0 Å². The van der Waals surface area contributed by atoms with Crippen LogP contribution in [0.2, 0.25) is 0 Å². The minimum atomic E-state index is -3.66. The molecule has 0 aliphatic heterocycles. The average molecular weight is 384 g/mol. The minimum Gasteiger partial charge on any atom is -0.313 e. The molecule has 27 heavy (non-hydrogen) atoms.